The monoisotopic (exact) mass is 628 g/mol. The minimum absolute atomic E-state index is 0.0570. The second-order valence-corrected chi connectivity index (χ2v) is 11.6. The number of nitrogens with zero attached hydrogens (tertiary/aromatic N) is 1. The predicted octanol–water partition coefficient (Wildman–Crippen LogP) is 7.92. The highest BCUT2D eigenvalue weighted by Gasteiger charge is 2.33. The second kappa shape index (κ2) is 13.2. The van der Waals surface area contributed by atoms with Gasteiger partial charge in [-0.05, 0) is 43.0 Å². The molecule has 0 aliphatic heterocycles. The lowest BCUT2D eigenvalue weighted by Gasteiger charge is -2.28. The Morgan fingerprint density at radius 3 is 2.21 bits per heavy atom. The van der Waals surface area contributed by atoms with Crippen molar-refractivity contribution >= 4 is 86.3 Å². The van der Waals surface area contributed by atoms with E-state index in [0.29, 0.717) is 20.6 Å². The van der Waals surface area contributed by atoms with E-state index in [0.717, 1.165) is 43.4 Å². The van der Waals surface area contributed by atoms with Gasteiger partial charge in [0.25, 0.3) is 5.91 Å². The summed E-state index contributed by atoms with van der Waals surface area (Å²) in [6, 6.07) is 8.21. The summed E-state index contributed by atoms with van der Waals surface area (Å²) >= 11 is 25.5. The molecule has 1 aliphatic carbocycles. The van der Waals surface area contributed by atoms with Crippen LogP contribution in [0.5, 0.6) is 0 Å². The van der Waals surface area contributed by atoms with Gasteiger partial charge in [-0.25, -0.2) is 14.6 Å². The lowest BCUT2D eigenvalue weighted by molar-refractivity contribution is -0.144. The largest absolute Gasteiger partial charge is 0.467 e. The number of urea groups is 1. The van der Waals surface area contributed by atoms with E-state index in [2.05, 4.69) is 20.9 Å². The van der Waals surface area contributed by atoms with Crippen molar-refractivity contribution in [2.24, 2.45) is 5.92 Å². The van der Waals surface area contributed by atoms with Crippen LogP contribution in [0.2, 0.25) is 20.1 Å². The van der Waals surface area contributed by atoms with E-state index in [1.165, 1.54) is 19.2 Å². The smallest absolute Gasteiger partial charge is 0.328 e. The van der Waals surface area contributed by atoms with Gasteiger partial charge in [-0.2, -0.15) is 0 Å². The highest BCUT2D eigenvalue weighted by Crippen LogP contribution is 2.36. The average Bonchev–Trinajstić information content (AvgIpc) is 3.33. The van der Waals surface area contributed by atoms with Gasteiger partial charge in [-0.3, -0.25) is 10.1 Å². The lowest BCUT2D eigenvalue weighted by atomic mass is 9.84. The zero-order valence-electron chi connectivity index (χ0n) is 20.7. The van der Waals surface area contributed by atoms with Crippen molar-refractivity contribution in [1.82, 2.24) is 10.3 Å². The minimum atomic E-state index is -0.836. The fraction of sp³-hybridized carbons (Fsp3) is 0.308. The molecule has 8 nitrogen and oxygen atoms in total. The van der Waals surface area contributed by atoms with Crippen LogP contribution in [0.25, 0.3) is 10.6 Å². The Morgan fingerprint density at radius 1 is 0.949 bits per heavy atom. The molecule has 1 fully saturated rings. The summed E-state index contributed by atoms with van der Waals surface area (Å²) in [7, 11) is 1.29. The summed E-state index contributed by atoms with van der Waals surface area (Å²) in [6.07, 6.45) is 4.61. The van der Waals surface area contributed by atoms with E-state index in [1.807, 2.05) is 0 Å². The second-order valence-electron chi connectivity index (χ2n) is 8.90. The molecule has 1 aromatic heterocycles. The summed E-state index contributed by atoms with van der Waals surface area (Å²) in [5.41, 5.74) is 0.780. The average molecular weight is 630 g/mol. The van der Waals surface area contributed by atoms with Gasteiger partial charge in [0.1, 0.15) is 16.1 Å². The number of hydrogen-bond donors (Lipinski definition) is 3. The first-order valence-corrected chi connectivity index (χ1v) is 14.4. The molecule has 0 spiro atoms. The maximum Gasteiger partial charge on any atom is 0.328 e. The van der Waals surface area contributed by atoms with Gasteiger partial charge < -0.3 is 15.4 Å². The number of carbonyl (C=O) groups is 3. The highest BCUT2D eigenvalue weighted by molar-refractivity contribution is 7.19. The summed E-state index contributed by atoms with van der Waals surface area (Å²) in [4.78, 5) is 43.6. The number of halogens is 4. The molecule has 0 bridgehead atoms. The molecular formula is C26H24Cl4N4O4S. The third-order valence-electron chi connectivity index (χ3n) is 6.27. The molecule has 3 N–H and O–H groups in total. The van der Waals surface area contributed by atoms with E-state index in [4.69, 9.17) is 51.1 Å². The first-order valence-electron chi connectivity index (χ1n) is 12.0. The molecule has 3 aromatic rings. The number of aromatic nitrogens is 1. The van der Waals surface area contributed by atoms with Gasteiger partial charge in [0, 0.05) is 15.6 Å². The van der Waals surface area contributed by atoms with Gasteiger partial charge >= 0.3 is 12.0 Å². The van der Waals surface area contributed by atoms with Crippen molar-refractivity contribution < 1.29 is 19.1 Å². The quantitative estimate of drug-likeness (QED) is 0.230. The van der Waals surface area contributed by atoms with Crippen LogP contribution in [0.4, 0.5) is 15.5 Å². The number of hydrogen-bond acceptors (Lipinski definition) is 6. The third-order valence-corrected chi connectivity index (χ3v) is 8.36. The first-order chi connectivity index (χ1) is 18.7. The van der Waals surface area contributed by atoms with Gasteiger partial charge in [-0.15, -0.1) is 0 Å². The van der Waals surface area contributed by atoms with Crippen LogP contribution in [0, 0.1) is 5.92 Å². The summed E-state index contributed by atoms with van der Waals surface area (Å²) in [6.45, 7) is 0. The number of anilines is 2. The van der Waals surface area contributed by atoms with Gasteiger partial charge in [-0.1, -0.05) is 89.1 Å². The van der Waals surface area contributed by atoms with Crippen LogP contribution < -0.4 is 16.0 Å². The summed E-state index contributed by atoms with van der Waals surface area (Å²) < 4.78 is 4.98. The summed E-state index contributed by atoms with van der Waals surface area (Å²) in [5.74, 6) is -1.20. The number of carbonyl (C=O) groups excluding carboxylic acids is 3. The number of amides is 3. The standard InChI is InChI=1S/C26H24Cl4N4O4S/c1-38-25(36)19(13-5-3-2-4-6-13)31-22(35)21-24(39-23(32-21)14-7-9-15(27)10-8-14)34-26(37)33-20-17(29)11-16(28)12-18(20)30/h7-13,19H,2-6H2,1H3,(H,31,35)(H2,33,34,37)/t19-/m0/s1. The van der Waals surface area contributed by atoms with Crippen LogP contribution >= 0.6 is 57.7 Å². The summed E-state index contributed by atoms with van der Waals surface area (Å²) in [5, 5.41) is 9.78. The van der Waals surface area contributed by atoms with Crippen LogP contribution in [0.15, 0.2) is 36.4 Å². The molecule has 39 heavy (non-hydrogen) atoms. The molecule has 206 valence electrons. The van der Waals surface area contributed by atoms with Crippen LogP contribution in [0.1, 0.15) is 42.6 Å². The molecule has 1 atom stereocenters. The molecule has 1 heterocycles. The number of thiazole rings is 1. The van der Waals surface area contributed by atoms with E-state index < -0.39 is 23.9 Å². The maximum absolute atomic E-state index is 13.5. The Balaban J connectivity index is 1.63. The van der Waals surface area contributed by atoms with Crippen LogP contribution in [-0.2, 0) is 9.53 Å². The maximum atomic E-state index is 13.5. The Kier molecular flexibility index (Phi) is 9.96. The molecule has 13 heteroatoms. The fourth-order valence-corrected chi connectivity index (χ4v) is 6.36. The van der Waals surface area contributed by atoms with Crippen LogP contribution in [0.3, 0.4) is 0 Å². The number of ether oxygens (including phenoxy) is 1. The van der Waals surface area contributed by atoms with E-state index in [1.54, 1.807) is 24.3 Å². The Hall–Kier alpha value is -2.56. The normalized spacial score (nSPS) is 14.4. The molecule has 4 rings (SSSR count). The Morgan fingerprint density at radius 2 is 1.59 bits per heavy atom. The van der Waals surface area contributed by atoms with Crippen molar-refractivity contribution in [3.05, 3.63) is 62.2 Å². The van der Waals surface area contributed by atoms with E-state index in [9.17, 15) is 14.4 Å². The number of rotatable bonds is 7. The molecule has 3 amide bonds. The van der Waals surface area contributed by atoms with Crippen molar-refractivity contribution in [3.63, 3.8) is 0 Å². The van der Waals surface area contributed by atoms with Crippen molar-refractivity contribution in [3.8, 4) is 10.6 Å². The molecule has 1 saturated carbocycles. The molecule has 0 unspecified atom stereocenters. The molecule has 0 saturated heterocycles. The lowest BCUT2D eigenvalue weighted by Crippen LogP contribution is -2.47. The van der Waals surface area contributed by atoms with Crippen molar-refractivity contribution in [2.75, 3.05) is 17.7 Å². The molecule has 0 radical (unpaired) electrons. The van der Waals surface area contributed by atoms with Crippen molar-refractivity contribution in [1.29, 1.82) is 0 Å². The van der Waals surface area contributed by atoms with Gasteiger partial charge in [0.05, 0.1) is 22.8 Å². The van der Waals surface area contributed by atoms with Gasteiger partial charge in [0.15, 0.2) is 5.69 Å². The molecule has 2 aromatic carbocycles. The SMILES string of the molecule is COC(=O)[C@@H](NC(=O)c1nc(-c2ccc(Cl)cc2)sc1NC(=O)Nc1c(Cl)cc(Cl)cc1Cl)C1CCCCC1. The minimum Gasteiger partial charge on any atom is -0.467 e. The first kappa shape index (κ1) is 29.4. The number of methoxy groups -OCH3 is 1. The van der Waals surface area contributed by atoms with Crippen molar-refractivity contribution in [2.45, 2.75) is 38.1 Å². The zero-order valence-corrected chi connectivity index (χ0v) is 24.5. The van der Waals surface area contributed by atoms with E-state index in [-0.39, 0.29) is 32.3 Å². The van der Waals surface area contributed by atoms with Gasteiger partial charge in [0.2, 0.25) is 0 Å². The van der Waals surface area contributed by atoms with E-state index >= 15 is 0 Å². The topological polar surface area (TPSA) is 109 Å². The predicted molar refractivity (Wildman–Crippen MR) is 157 cm³/mol. The number of esters is 1. The Bertz CT molecular complexity index is 1350. The number of nitrogens with one attached hydrogen (secondary N) is 3. The molecular weight excluding hydrogens is 606 g/mol. The number of benzene rings is 2. The van der Waals surface area contributed by atoms with Crippen LogP contribution in [-0.4, -0.2) is 36.0 Å². The third kappa shape index (κ3) is 7.35. The Labute approximate surface area is 249 Å². The fourth-order valence-electron chi connectivity index (χ4n) is 4.36. The zero-order chi connectivity index (χ0) is 28.1. The molecule has 1 aliphatic rings. The highest BCUT2D eigenvalue weighted by atomic mass is 35.5.